The average Bonchev–Trinajstić information content (AvgIpc) is 2.73. The monoisotopic (exact) mass is 225 g/mol. The van der Waals surface area contributed by atoms with E-state index < -0.39 is 0 Å². The van der Waals surface area contributed by atoms with Gasteiger partial charge in [-0.05, 0) is 39.3 Å². The molecular weight excluding hydrogens is 206 g/mol. The molecule has 2 atom stereocenters. The minimum Gasteiger partial charge on any atom is -0.377 e. The van der Waals surface area contributed by atoms with Crippen molar-refractivity contribution >= 4 is 11.3 Å². The molecule has 15 heavy (non-hydrogen) atoms. The van der Waals surface area contributed by atoms with Crippen LogP contribution in [0.15, 0.2) is 12.1 Å². The molecule has 2 rings (SSSR count). The number of aryl methyl sites for hydroxylation is 1. The largest absolute Gasteiger partial charge is 0.377 e. The van der Waals surface area contributed by atoms with Gasteiger partial charge in [-0.1, -0.05) is 0 Å². The summed E-state index contributed by atoms with van der Waals surface area (Å²) in [7, 11) is 0. The normalized spacial score (nSPS) is 31.0. The molecule has 1 saturated heterocycles. The smallest absolute Gasteiger partial charge is 0.0726 e. The Labute approximate surface area is 95.6 Å². The van der Waals surface area contributed by atoms with Gasteiger partial charge in [0.2, 0.25) is 0 Å². The molecule has 1 fully saturated rings. The number of nitrogens with one attached hydrogen (secondary N) is 1. The topological polar surface area (TPSA) is 21.3 Å². The molecule has 2 nitrogen and oxygen atoms in total. The molecule has 0 radical (unpaired) electrons. The summed E-state index contributed by atoms with van der Waals surface area (Å²) in [5.74, 6) is 0. The SMILES string of the molecule is Cc1ccc(CNC2(C)CCOC2C)s1. The van der Waals surface area contributed by atoms with E-state index in [0.29, 0.717) is 6.10 Å². The lowest BCUT2D eigenvalue weighted by Gasteiger charge is -2.28. The van der Waals surface area contributed by atoms with Gasteiger partial charge in [0, 0.05) is 28.4 Å². The van der Waals surface area contributed by atoms with Crippen molar-refractivity contribution in [1.82, 2.24) is 5.32 Å². The van der Waals surface area contributed by atoms with E-state index in [1.807, 2.05) is 11.3 Å². The molecule has 0 saturated carbocycles. The quantitative estimate of drug-likeness (QED) is 0.854. The van der Waals surface area contributed by atoms with Crippen molar-refractivity contribution in [2.75, 3.05) is 6.61 Å². The first-order valence-electron chi connectivity index (χ1n) is 5.52. The molecule has 0 aliphatic carbocycles. The zero-order valence-corrected chi connectivity index (χ0v) is 10.5. The van der Waals surface area contributed by atoms with Crippen molar-refractivity contribution < 1.29 is 4.74 Å². The van der Waals surface area contributed by atoms with Gasteiger partial charge in [-0.2, -0.15) is 0 Å². The predicted molar refractivity (Wildman–Crippen MR) is 64.3 cm³/mol. The third kappa shape index (κ3) is 2.41. The first-order chi connectivity index (χ1) is 7.10. The number of hydrogen-bond acceptors (Lipinski definition) is 3. The highest BCUT2D eigenvalue weighted by Gasteiger charge is 2.36. The summed E-state index contributed by atoms with van der Waals surface area (Å²) in [4.78, 5) is 2.79. The predicted octanol–water partition coefficient (Wildman–Crippen LogP) is 2.71. The summed E-state index contributed by atoms with van der Waals surface area (Å²) in [5, 5.41) is 3.62. The van der Waals surface area contributed by atoms with Gasteiger partial charge in [0.15, 0.2) is 0 Å². The van der Waals surface area contributed by atoms with E-state index in [1.54, 1.807) is 0 Å². The summed E-state index contributed by atoms with van der Waals surface area (Å²) < 4.78 is 5.60. The van der Waals surface area contributed by atoms with Crippen molar-refractivity contribution in [3.63, 3.8) is 0 Å². The van der Waals surface area contributed by atoms with E-state index in [2.05, 4.69) is 38.2 Å². The number of ether oxygens (including phenoxy) is 1. The fourth-order valence-electron chi connectivity index (χ4n) is 1.94. The summed E-state index contributed by atoms with van der Waals surface area (Å²) in [6.45, 7) is 8.40. The molecule has 1 aromatic heterocycles. The number of hydrogen-bond donors (Lipinski definition) is 1. The van der Waals surface area contributed by atoms with Crippen LogP contribution in [0, 0.1) is 6.92 Å². The minimum absolute atomic E-state index is 0.151. The van der Waals surface area contributed by atoms with Crippen LogP contribution in [0.1, 0.15) is 30.0 Å². The highest BCUT2D eigenvalue weighted by molar-refractivity contribution is 7.11. The van der Waals surface area contributed by atoms with Crippen LogP contribution in [0.2, 0.25) is 0 Å². The third-order valence-corrected chi connectivity index (χ3v) is 4.35. The lowest BCUT2D eigenvalue weighted by molar-refractivity contribution is 0.0882. The molecule has 0 bridgehead atoms. The van der Waals surface area contributed by atoms with Gasteiger partial charge >= 0.3 is 0 Å². The van der Waals surface area contributed by atoms with Gasteiger partial charge in [0.25, 0.3) is 0 Å². The zero-order chi connectivity index (χ0) is 10.9. The summed E-state index contributed by atoms with van der Waals surface area (Å²) >= 11 is 1.87. The number of rotatable bonds is 3. The summed E-state index contributed by atoms with van der Waals surface area (Å²) in [5.41, 5.74) is 0.151. The van der Waals surface area contributed by atoms with Crippen LogP contribution in [-0.4, -0.2) is 18.2 Å². The first-order valence-corrected chi connectivity index (χ1v) is 6.34. The van der Waals surface area contributed by atoms with Gasteiger partial charge in [-0.15, -0.1) is 11.3 Å². The lowest BCUT2D eigenvalue weighted by atomic mass is 9.95. The maximum absolute atomic E-state index is 5.60. The van der Waals surface area contributed by atoms with Gasteiger partial charge in [-0.3, -0.25) is 0 Å². The van der Waals surface area contributed by atoms with Crippen LogP contribution in [0.3, 0.4) is 0 Å². The molecule has 2 heterocycles. The van der Waals surface area contributed by atoms with Crippen LogP contribution >= 0.6 is 11.3 Å². The van der Waals surface area contributed by atoms with Crippen molar-refractivity contribution in [2.24, 2.45) is 0 Å². The van der Waals surface area contributed by atoms with Gasteiger partial charge in [0.1, 0.15) is 0 Å². The van der Waals surface area contributed by atoms with Crippen LogP contribution in [0.25, 0.3) is 0 Å². The van der Waals surface area contributed by atoms with Crippen molar-refractivity contribution in [1.29, 1.82) is 0 Å². The highest BCUT2D eigenvalue weighted by atomic mass is 32.1. The van der Waals surface area contributed by atoms with Crippen molar-refractivity contribution in [2.45, 2.75) is 45.4 Å². The fraction of sp³-hybridized carbons (Fsp3) is 0.667. The van der Waals surface area contributed by atoms with Gasteiger partial charge < -0.3 is 10.1 Å². The summed E-state index contributed by atoms with van der Waals surface area (Å²) in [6, 6.07) is 4.38. The first kappa shape index (κ1) is 11.1. The Bertz CT molecular complexity index is 336. The molecule has 0 amide bonds. The Kier molecular flexibility index (Phi) is 3.14. The van der Waals surface area contributed by atoms with E-state index in [4.69, 9.17) is 4.74 Å². The maximum atomic E-state index is 5.60. The van der Waals surface area contributed by atoms with Gasteiger partial charge in [-0.25, -0.2) is 0 Å². The summed E-state index contributed by atoms with van der Waals surface area (Å²) in [6.07, 6.45) is 1.43. The van der Waals surface area contributed by atoms with Crippen molar-refractivity contribution in [3.05, 3.63) is 21.9 Å². The Hall–Kier alpha value is -0.380. The fourth-order valence-corrected chi connectivity index (χ4v) is 2.77. The van der Waals surface area contributed by atoms with Crippen molar-refractivity contribution in [3.8, 4) is 0 Å². The second kappa shape index (κ2) is 4.24. The van der Waals surface area contributed by atoms with E-state index in [0.717, 1.165) is 19.6 Å². The molecule has 2 unspecified atom stereocenters. The average molecular weight is 225 g/mol. The van der Waals surface area contributed by atoms with Crippen LogP contribution < -0.4 is 5.32 Å². The Morgan fingerprint density at radius 2 is 2.40 bits per heavy atom. The molecule has 1 aliphatic heterocycles. The highest BCUT2D eigenvalue weighted by Crippen LogP contribution is 2.26. The molecule has 0 spiro atoms. The van der Waals surface area contributed by atoms with Crippen LogP contribution in [-0.2, 0) is 11.3 Å². The Morgan fingerprint density at radius 1 is 1.60 bits per heavy atom. The molecule has 3 heteroatoms. The van der Waals surface area contributed by atoms with E-state index in [9.17, 15) is 0 Å². The van der Waals surface area contributed by atoms with E-state index >= 15 is 0 Å². The maximum Gasteiger partial charge on any atom is 0.0726 e. The number of thiophene rings is 1. The third-order valence-electron chi connectivity index (χ3n) is 3.35. The van der Waals surface area contributed by atoms with Crippen LogP contribution in [0.4, 0.5) is 0 Å². The van der Waals surface area contributed by atoms with E-state index in [-0.39, 0.29) is 5.54 Å². The molecule has 1 aliphatic rings. The molecule has 84 valence electrons. The second-order valence-corrected chi connectivity index (χ2v) is 5.92. The minimum atomic E-state index is 0.151. The molecule has 1 N–H and O–H groups in total. The lowest BCUT2D eigenvalue weighted by Crippen LogP contribution is -2.47. The van der Waals surface area contributed by atoms with Gasteiger partial charge in [0.05, 0.1) is 6.10 Å². The van der Waals surface area contributed by atoms with Crippen LogP contribution in [0.5, 0.6) is 0 Å². The molecular formula is C12H19NOS. The molecule has 1 aromatic rings. The Morgan fingerprint density at radius 3 is 2.93 bits per heavy atom. The molecule has 0 aromatic carbocycles. The van der Waals surface area contributed by atoms with E-state index in [1.165, 1.54) is 9.75 Å². The zero-order valence-electron chi connectivity index (χ0n) is 9.67. The second-order valence-electron chi connectivity index (χ2n) is 4.55. The standard InChI is InChI=1S/C12H19NOS/c1-9-4-5-11(15-9)8-13-12(3)6-7-14-10(12)2/h4-5,10,13H,6-8H2,1-3H3. The Balaban J connectivity index is 1.92.